The van der Waals surface area contributed by atoms with Crippen LogP contribution in [0, 0.1) is 5.82 Å². The van der Waals surface area contributed by atoms with E-state index in [9.17, 15) is 9.59 Å². The quantitative estimate of drug-likeness (QED) is 0.590. The van der Waals surface area contributed by atoms with E-state index in [1.165, 1.54) is 17.4 Å². The lowest BCUT2D eigenvalue weighted by molar-refractivity contribution is 0.0527. The van der Waals surface area contributed by atoms with Crippen LogP contribution in [0.25, 0.3) is 28.0 Å². The molecule has 0 saturated carbocycles. The van der Waals surface area contributed by atoms with Crippen molar-refractivity contribution in [1.29, 1.82) is 0 Å². The van der Waals surface area contributed by atoms with Gasteiger partial charge in [0.1, 0.15) is 10.4 Å². The monoisotopic (exact) mass is 456 g/mol. The number of fused-ring (bicyclic) bond motifs is 3. The Hall–Kier alpha value is -3.04. The van der Waals surface area contributed by atoms with E-state index in [0.29, 0.717) is 23.6 Å². The molecule has 0 amide bonds. The van der Waals surface area contributed by atoms with Gasteiger partial charge in [-0.2, -0.15) is 0 Å². The SMILES string of the molecule is C=Cc1sc2c(C(=O)OCC)c(=O)c3cc(F)c(N4CCCNCC4)nc3n2c1/C=C\C. The number of aromatic nitrogens is 2. The van der Waals surface area contributed by atoms with Crippen LogP contribution in [0.1, 0.15) is 41.2 Å². The van der Waals surface area contributed by atoms with Crippen LogP contribution in [0.4, 0.5) is 10.2 Å². The third-order valence-corrected chi connectivity index (χ3v) is 6.54. The summed E-state index contributed by atoms with van der Waals surface area (Å²) in [5.41, 5.74) is 0.332. The molecule has 1 fully saturated rings. The van der Waals surface area contributed by atoms with Gasteiger partial charge in [0.25, 0.3) is 0 Å². The molecule has 7 nitrogen and oxygen atoms in total. The molecule has 0 spiro atoms. The number of hydrogen-bond donors (Lipinski definition) is 1. The van der Waals surface area contributed by atoms with Gasteiger partial charge in [-0.15, -0.1) is 11.3 Å². The Labute approximate surface area is 188 Å². The molecule has 3 aromatic heterocycles. The summed E-state index contributed by atoms with van der Waals surface area (Å²) in [6, 6.07) is 1.19. The second kappa shape index (κ2) is 9.22. The zero-order valence-corrected chi connectivity index (χ0v) is 18.9. The van der Waals surface area contributed by atoms with Gasteiger partial charge >= 0.3 is 5.97 Å². The fourth-order valence-corrected chi connectivity index (χ4v) is 5.07. The van der Waals surface area contributed by atoms with Gasteiger partial charge in [0.2, 0.25) is 5.43 Å². The van der Waals surface area contributed by atoms with Crippen molar-refractivity contribution in [2.45, 2.75) is 20.3 Å². The first kappa shape index (κ1) is 22.2. The van der Waals surface area contributed by atoms with Crippen molar-refractivity contribution in [3.8, 4) is 0 Å². The van der Waals surface area contributed by atoms with Crippen molar-refractivity contribution in [1.82, 2.24) is 14.7 Å². The maximum absolute atomic E-state index is 15.2. The number of nitrogens with zero attached hydrogens (tertiary/aromatic N) is 3. The number of allylic oxidation sites excluding steroid dienone is 1. The summed E-state index contributed by atoms with van der Waals surface area (Å²) in [6.45, 7) is 10.4. The second-order valence-corrected chi connectivity index (χ2v) is 8.41. The van der Waals surface area contributed by atoms with Crippen LogP contribution in [0.5, 0.6) is 0 Å². The first-order chi connectivity index (χ1) is 15.5. The number of carbonyl (C=O) groups is 1. The van der Waals surface area contributed by atoms with Gasteiger partial charge in [-0.3, -0.25) is 9.20 Å². The van der Waals surface area contributed by atoms with Crippen LogP contribution in [-0.2, 0) is 4.74 Å². The minimum atomic E-state index is -0.733. The highest BCUT2D eigenvalue weighted by molar-refractivity contribution is 7.18. The Balaban J connectivity index is 2.12. The lowest BCUT2D eigenvalue weighted by Gasteiger charge is -2.22. The number of pyridine rings is 2. The number of ether oxygens (including phenoxy) is 1. The number of esters is 1. The molecular formula is C23H25FN4O3S. The molecular weight excluding hydrogens is 431 g/mol. The number of nitrogens with one attached hydrogen (secondary N) is 1. The van der Waals surface area contributed by atoms with Gasteiger partial charge in [0.05, 0.1) is 22.6 Å². The summed E-state index contributed by atoms with van der Waals surface area (Å²) in [7, 11) is 0. The smallest absolute Gasteiger partial charge is 0.345 e. The first-order valence-corrected chi connectivity index (χ1v) is 11.4. The highest BCUT2D eigenvalue weighted by Gasteiger charge is 2.26. The predicted octanol–water partition coefficient (Wildman–Crippen LogP) is 3.70. The molecule has 1 aliphatic heterocycles. The fourth-order valence-electron chi connectivity index (χ4n) is 3.96. The summed E-state index contributed by atoms with van der Waals surface area (Å²) in [4.78, 5) is 33.8. The molecule has 3 aromatic rings. The molecule has 0 aliphatic carbocycles. The summed E-state index contributed by atoms with van der Waals surface area (Å²) in [5.74, 6) is -1.11. The van der Waals surface area contributed by atoms with E-state index in [2.05, 4.69) is 16.9 Å². The minimum absolute atomic E-state index is 0.0407. The van der Waals surface area contributed by atoms with Gasteiger partial charge in [-0.1, -0.05) is 12.7 Å². The largest absolute Gasteiger partial charge is 0.462 e. The van der Waals surface area contributed by atoms with E-state index in [0.717, 1.165) is 30.1 Å². The Morgan fingerprint density at radius 2 is 2.22 bits per heavy atom. The highest BCUT2D eigenvalue weighted by Crippen LogP contribution is 2.32. The number of thiazole rings is 1. The summed E-state index contributed by atoms with van der Waals surface area (Å²) in [6.07, 6.45) is 6.25. The number of rotatable bonds is 5. The van der Waals surface area contributed by atoms with E-state index in [1.807, 2.05) is 24.0 Å². The van der Waals surface area contributed by atoms with Crippen LogP contribution in [0.3, 0.4) is 0 Å². The number of anilines is 1. The summed E-state index contributed by atoms with van der Waals surface area (Å²) in [5, 5.41) is 3.33. The second-order valence-electron chi connectivity index (χ2n) is 7.38. The standard InChI is InChI=1S/C23H25FN4O3S/c1-4-8-16-17(5-2)32-22-18(23(30)31-6-3)19(29)14-13-15(24)21(26-20(14)28(16)22)27-11-7-9-25-10-12-27/h4-5,8,13,25H,2,6-7,9-12H2,1,3H3/b8-4-. The molecule has 0 radical (unpaired) electrons. The molecule has 32 heavy (non-hydrogen) atoms. The van der Waals surface area contributed by atoms with Crippen LogP contribution < -0.4 is 15.6 Å². The molecule has 1 aliphatic rings. The maximum Gasteiger partial charge on any atom is 0.345 e. The number of hydrogen-bond acceptors (Lipinski definition) is 7. The van der Waals surface area contributed by atoms with Crippen molar-refractivity contribution in [2.75, 3.05) is 37.7 Å². The molecule has 9 heteroatoms. The molecule has 0 atom stereocenters. The molecule has 4 rings (SSSR count). The van der Waals surface area contributed by atoms with Gasteiger partial charge < -0.3 is 15.0 Å². The Morgan fingerprint density at radius 1 is 1.41 bits per heavy atom. The maximum atomic E-state index is 15.2. The molecule has 0 unspecified atom stereocenters. The van der Waals surface area contributed by atoms with Crippen LogP contribution in [0.15, 0.2) is 23.5 Å². The molecule has 1 saturated heterocycles. The van der Waals surface area contributed by atoms with Crippen molar-refractivity contribution >= 4 is 51.1 Å². The first-order valence-electron chi connectivity index (χ1n) is 10.6. The van der Waals surface area contributed by atoms with Crippen LogP contribution >= 0.6 is 11.3 Å². The molecule has 4 heterocycles. The van der Waals surface area contributed by atoms with Crippen LogP contribution in [0.2, 0.25) is 0 Å². The zero-order valence-electron chi connectivity index (χ0n) is 18.1. The van der Waals surface area contributed by atoms with Crippen molar-refractivity contribution in [3.05, 3.63) is 50.9 Å². The zero-order chi connectivity index (χ0) is 22.8. The van der Waals surface area contributed by atoms with E-state index >= 15 is 4.39 Å². The Kier molecular flexibility index (Phi) is 6.38. The van der Waals surface area contributed by atoms with E-state index < -0.39 is 17.2 Å². The summed E-state index contributed by atoms with van der Waals surface area (Å²) < 4.78 is 22.1. The number of halogens is 1. The van der Waals surface area contributed by atoms with Gasteiger partial charge in [0.15, 0.2) is 17.3 Å². The number of carbonyl (C=O) groups excluding carboxylic acids is 1. The van der Waals surface area contributed by atoms with E-state index in [-0.39, 0.29) is 23.4 Å². The predicted molar refractivity (Wildman–Crippen MR) is 127 cm³/mol. The average Bonchev–Trinajstić information content (AvgIpc) is 2.94. The molecule has 1 N–H and O–H groups in total. The third kappa shape index (κ3) is 3.71. The van der Waals surface area contributed by atoms with Crippen molar-refractivity contribution < 1.29 is 13.9 Å². The van der Waals surface area contributed by atoms with Crippen molar-refractivity contribution in [2.24, 2.45) is 0 Å². The van der Waals surface area contributed by atoms with Gasteiger partial charge in [-0.25, -0.2) is 14.2 Å². The Morgan fingerprint density at radius 3 is 2.94 bits per heavy atom. The molecule has 0 aromatic carbocycles. The highest BCUT2D eigenvalue weighted by atomic mass is 32.1. The van der Waals surface area contributed by atoms with Crippen LogP contribution in [-0.4, -0.2) is 48.1 Å². The minimum Gasteiger partial charge on any atom is -0.462 e. The third-order valence-electron chi connectivity index (χ3n) is 5.37. The van der Waals surface area contributed by atoms with Gasteiger partial charge in [-0.05, 0) is 45.0 Å². The Bertz CT molecular complexity index is 1290. The van der Waals surface area contributed by atoms with Crippen molar-refractivity contribution in [3.63, 3.8) is 0 Å². The topological polar surface area (TPSA) is 75.9 Å². The van der Waals surface area contributed by atoms with E-state index in [4.69, 9.17) is 4.74 Å². The molecule has 168 valence electrons. The average molecular weight is 457 g/mol. The van der Waals surface area contributed by atoms with E-state index in [1.54, 1.807) is 17.4 Å². The normalized spacial score (nSPS) is 14.9. The lowest BCUT2D eigenvalue weighted by atomic mass is 10.1. The lowest BCUT2D eigenvalue weighted by Crippen LogP contribution is -2.30. The summed E-state index contributed by atoms with van der Waals surface area (Å²) >= 11 is 1.26. The molecule has 0 bridgehead atoms. The van der Waals surface area contributed by atoms with Gasteiger partial charge in [0, 0.05) is 19.6 Å². The fraction of sp³-hybridized carbons (Fsp3) is 0.348.